The van der Waals surface area contributed by atoms with Crippen molar-refractivity contribution >= 4 is 23.7 Å². The molecule has 5 heteroatoms. The lowest BCUT2D eigenvalue weighted by Crippen LogP contribution is -2.12. The summed E-state index contributed by atoms with van der Waals surface area (Å²) in [5.74, 6) is -0.167. The van der Waals surface area contributed by atoms with Gasteiger partial charge in [-0.1, -0.05) is 22.8 Å². The first kappa shape index (κ1) is 10.5. The first-order chi connectivity index (χ1) is 6.61. The predicted molar refractivity (Wildman–Crippen MR) is 54.5 cm³/mol. The molecule has 74 valence electrons. The Morgan fingerprint density at radius 1 is 1.64 bits per heavy atom. The monoisotopic (exact) mass is 212 g/mol. The summed E-state index contributed by atoms with van der Waals surface area (Å²) in [6.45, 7) is 1.79. The summed E-state index contributed by atoms with van der Waals surface area (Å²) >= 11 is 5.83. The van der Waals surface area contributed by atoms with Gasteiger partial charge in [0.25, 0.3) is 5.91 Å². The number of halogens is 1. The van der Waals surface area contributed by atoms with E-state index in [1.807, 2.05) is 0 Å². The third kappa shape index (κ3) is 2.74. The predicted octanol–water partition coefficient (Wildman–Crippen LogP) is 1.50. The molecule has 0 atom stereocenters. The molecule has 1 aromatic carbocycles. The second-order valence-corrected chi connectivity index (χ2v) is 3.00. The first-order valence-electron chi connectivity index (χ1n) is 3.86. The number of benzene rings is 1. The molecule has 0 heterocycles. The van der Waals surface area contributed by atoms with E-state index in [1.165, 1.54) is 0 Å². The molecule has 0 aliphatic carbocycles. The van der Waals surface area contributed by atoms with Crippen LogP contribution >= 0.6 is 11.6 Å². The smallest absolute Gasteiger partial charge is 0.263 e. The number of nitrogens with two attached hydrogens (primary N) is 1. The maximum atomic E-state index is 10.3. The molecular weight excluding hydrogens is 204 g/mol. The van der Waals surface area contributed by atoms with Crippen molar-refractivity contribution < 1.29 is 9.63 Å². The van der Waals surface area contributed by atoms with E-state index in [2.05, 4.69) is 5.16 Å². The molecule has 14 heavy (non-hydrogen) atoms. The largest absolute Gasteiger partial charge is 0.365 e. The van der Waals surface area contributed by atoms with Crippen LogP contribution in [0.3, 0.4) is 0 Å². The van der Waals surface area contributed by atoms with E-state index < -0.39 is 5.91 Å². The molecule has 0 bridgehead atoms. The van der Waals surface area contributed by atoms with Gasteiger partial charge in [-0.05, 0) is 19.1 Å². The summed E-state index contributed by atoms with van der Waals surface area (Å²) < 4.78 is 0. The molecule has 0 fully saturated rings. The summed E-state index contributed by atoms with van der Waals surface area (Å²) in [5.41, 5.74) is 5.59. The zero-order chi connectivity index (χ0) is 10.6. The highest BCUT2D eigenvalue weighted by Gasteiger charge is 2.02. The quantitative estimate of drug-likeness (QED) is 0.610. The van der Waals surface area contributed by atoms with Gasteiger partial charge in [-0.2, -0.15) is 0 Å². The van der Waals surface area contributed by atoms with Gasteiger partial charge in [-0.15, -0.1) is 0 Å². The summed E-state index contributed by atoms with van der Waals surface area (Å²) in [6, 6.07) is 5.16. The Hall–Kier alpha value is -1.55. The van der Waals surface area contributed by atoms with E-state index in [9.17, 15) is 4.79 Å². The fraction of sp³-hybridized carbons (Fsp3) is 0.111. The minimum atomic E-state index is -0.662. The second-order valence-electron chi connectivity index (χ2n) is 2.59. The van der Waals surface area contributed by atoms with Crippen molar-refractivity contribution in [3.8, 4) is 5.75 Å². The number of hydrogen-bond acceptors (Lipinski definition) is 3. The number of carbonyl (C=O) groups is 1. The van der Waals surface area contributed by atoms with Crippen LogP contribution in [0, 0.1) is 6.92 Å². The number of primary amides is 1. The first-order valence-corrected chi connectivity index (χ1v) is 4.24. The molecule has 0 saturated heterocycles. The van der Waals surface area contributed by atoms with Crippen LogP contribution in [-0.2, 0) is 4.79 Å². The minimum absolute atomic E-state index is 0.495. The lowest BCUT2D eigenvalue weighted by atomic mass is 10.2. The van der Waals surface area contributed by atoms with Crippen molar-refractivity contribution in [2.45, 2.75) is 6.92 Å². The number of nitrogens with zero attached hydrogens (tertiary/aromatic N) is 1. The summed E-state index contributed by atoms with van der Waals surface area (Å²) in [7, 11) is 0. The Morgan fingerprint density at radius 2 is 2.36 bits per heavy atom. The van der Waals surface area contributed by atoms with E-state index >= 15 is 0 Å². The van der Waals surface area contributed by atoms with Gasteiger partial charge in [-0.3, -0.25) is 4.79 Å². The number of oxime groups is 1. The Labute approximate surface area is 86.3 Å². The molecule has 0 unspecified atom stereocenters. The Morgan fingerprint density at radius 3 is 3.00 bits per heavy atom. The Balaban J connectivity index is 2.77. The average Bonchev–Trinajstić information content (AvgIpc) is 2.12. The molecule has 0 aliphatic rings. The second kappa shape index (κ2) is 4.62. The molecule has 0 radical (unpaired) electrons. The summed E-state index contributed by atoms with van der Waals surface area (Å²) in [5, 5.41) is 3.97. The van der Waals surface area contributed by atoms with Crippen molar-refractivity contribution in [2.24, 2.45) is 10.9 Å². The zero-order valence-electron chi connectivity index (χ0n) is 7.53. The lowest BCUT2D eigenvalue weighted by Gasteiger charge is -2.03. The van der Waals surface area contributed by atoms with E-state index in [0.29, 0.717) is 10.8 Å². The van der Waals surface area contributed by atoms with Crippen LogP contribution < -0.4 is 10.6 Å². The molecule has 1 amide bonds. The number of hydrogen-bond donors (Lipinski definition) is 1. The van der Waals surface area contributed by atoms with Crippen LogP contribution in [-0.4, -0.2) is 12.1 Å². The molecule has 1 aromatic rings. The Bertz CT molecular complexity index is 377. The fourth-order valence-corrected chi connectivity index (χ4v) is 0.988. The van der Waals surface area contributed by atoms with Gasteiger partial charge in [0.05, 0.1) is 0 Å². The third-order valence-electron chi connectivity index (χ3n) is 1.55. The Kier molecular flexibility index (Phi) is 3.48. The van der Waals surface area contributed by atoms with Gasteiger partial charge in [0.15, 0.2) is 5.75 Å². The third-order valence-corrected chi connectivity index (χ3v) is 1.96. The number of rotatable bonds is 3. The van der Waals surface area contributed by atoms with E-state index in [-0.39, 0.29) is 0 Å². The molecule has 0 aliphatic heterocycles. The van der Waals surface area contributed by atoms with Crippen molar-refractivity contribution in [1.82, 2.24) is 0 Å². The normalized spacial score (nSPS) is 10.4. The van der Waals surface area contributed by atoms with Crippen LogP contribution in [0.4, 0.5) is 0 Å². The van der Waals surface area contributed by atoms with E-state index in [1.54, 1.807) is 25.1 Å². The molecule has 0 spiro atoms. The van der Waals surface area contributed by atoms with Gasteiger partial charge in [-0.25, -0.2) is 0 Å². The van der Waals surface area contributed by atoms with Gasteiger partial charge < -0.3 is 10.6 Å². The molecule has 4 nitrogen and oxygen atoms in total. The van der Waals surface area contributed by atoms with Crippen LogP contribution in [0.25, 0.3) is 0 Å². The summed E-state index contributed by atoms with van der Waals surface area (Å²) in [6.07, 6.45) is 0.889. The number of carbonyl (C=O) groups excluding carboxylic acids is 1. The van der Waals surface area contributed by atoms with Crippen molar-refractivity contribution in [3.63, 3.8) is 0 Å². The standard InChI is InChI=1S/C9H9ClN2O2/c1-6-7(10)3-2-4-8(6)14-12-5-9(11)13/h2-5H,1H3,(H2,11,13)/b12-5+. The highest BCUT2D eigenvalue weighted by Crippen LogP contribution is 2.24. The van der Waals surface area contributed by atoms with E-state index in [4.69, 9.17) is 22.2 Å². The van der Waals surface area contributed by atoms with Crippen LogP contribution in [0.15, 0.2) is 23.4 Å². The van der Waals surface area contributed by atoms with Crippen LogP contribution in [0.1, 0.15) is 5.56 Å². The topological polar surface area (TPSA) is 64.7 Å². The average molecular weight is 213 g/mol. The van der Waals surface area contributed by atoms with Crippen LogP contribution in [0.2, 0.25) is 5.02 Å². The van der Waals surface area contributed by atoms with Crippen LogP contribution in [0.5, 0.6) is 5.75 Å². The fourth-order valence-electron chi connectivity index (χ4n) is 0.822. The highest BCUT2D eigenvalue weighted by atomic mass is 35.5. The van der Waals surface area contributed by atoms with E-state index in [0.717, 1.165) is 11.8 Å². The lowest BCUT2D eigenvalue weighted by molar-refractivity contribution is -0.111. The summed E-state index contributed by atoms with van der Waals surface area (Å²) in [4.78, 5) is 15.2. The zero-order valence-corrected chi connectivity index (χ0v) is 8.28. The maximum absolute atomic E-state index is 10.3. The molecular formula is C9H9ClN2O2. The van der Waals surface area contributed by atoms with Gasteiger partial charge in [0, 0.05) is 10.6 Å². The highest BCUT2D eigenvalue weighted by molar-refractivity contribution is 6.31. The SMILES string of the molecule is Cc1c(Cl)cccc1O/N=C/C(N)=O. The maximum Gasteiger partial charge on any atom is 0.263 e. The molecule has 1 rings (SSSR count). The molecule has 0 saturated carbocycles. The van der Waals surface area contributed by atoms with Crippen molar-refractivity contribution in [2.75, 3.05) is 0 Å². The van der Waals surface area contributed by atoms with Gasteiger partial charge in [0.2, 0.25) is 0 Å². The molecule has 2 N–H and O–H groups in total. The van der Waals surface area contributed by atoms with Gasteiger partial charge in [0.1, 0.15) is 6.21 Å². The molecule has 0 aromatic heterocycles. The number of amides is 1. The van der Waals surface area contributed by atoms with Gasteiger partial charge >= 0.3 is 0 Å². The minimum Gasteiger partial charge on any atom is -0.365 e. The van der Waals surface area contributed by atoms with Crippen molar-refractivity contribution in [3.05, 3.63) is 28.8 Å². The van der Waals surface area contributed by atoms with Crippen molar-refractivity contribution in [1.29, 1.82) is 0 Å².